The van der Waals surface area contributed by atoms with Crippen molar-refractivity contribution in [1.82, 2.24) is 19.5 Å². The van der Waals surface area contributed by atoms with Gasteiger partial charge in [0.15, 0.2) is 0 Å². The molecule has 4 aromatic rings. The number of urea groups is 1. The summed E-state index contributed by atoms with van der Waals surface area (Å²) in [6, 6.07) is 14.1. The lowest BCUT2D eigenvalue weighted by atomic mass is 10.2. The number of aryl methyl sites for hydroxylation is 1. The molecule has 0 saturated carbocycles. The number of carbonyl (C=O) groups is 1. The van der Waals surface area contributed by atoms with E-state index in [9.17, 15) is 4.79 Å². The van der Waals surface area contributed by atoms with E-state index in [1.807, 2.05) is 37.4 Å². The third-order valence-corrected chi connectivity index (χ3v) is 4.67. The molecule has 2 amide bonds. The summed E-state index contributed by atoms with van der Waals surface area (Å²) in [6.45, 7) is 1.90. The maximum atomic E-state index is 12.2. The molecule has 2 aromatic heterocycles. The molecule has 3 N–H and O–H groups in total. The highest BCUT2D eigenvalue weighted by molar-refractivity contribution is 6.31. The summed E-state index contributed by atoms with van der Waals surface area (Å²) in [7, 11) is 0. The Morgan fingerprint density at radius 3 is 2.43 bits per heavy atom. The molecule has 0 aliphatic carbocycles. The summed E-state index contributed by atoms with van der Waals surface area (Å²) in [5.74, 6) is 1.35. The monoisotopic (exact) mass is 419 g/mol. The second kappa shape index (κ2) is 8.62. The van der Waals surface area contributed by atoms with Crippen molar-refractivity contribution in [2.24, 2.45) is 0 Å². The Morgan fingerprint density at radius 1 is 0.967 bits per heavy atom. The number of benzene rings is 2. The van der Waals surface area contributed by atoms with Crippen molar-refractivity contribution in [2.75, 3.05) is 16.0 Å². The van der Waals surface area contributed by atoms with Gasteiger partial charge in [-0.25, -0.2) is 19.7 Å². The average Bonchev–Trinajstić information content (AvgIpc) is 3.27. The molecular formula is C21H18ClN7O. The van der Waals surface area contributed by atoms with E-state index < -0.39 is 0 Å². The number of rotatable bonds is 5. The first kappa shape index (κ1) is 19.4. The van der Waals surface area contributed by atoms with Gasteiger partial charge in [-0.2, -0.15) is 0 Å². The molecule has 0 fully saturated rings. The Hall–Kier alpha value is -3.91. The third kappa shape index (κ3) is 4.73. The minimum atomic E-state index is -0.351. The summed E-state index contributed by atoms with van der Waals surface area (Å²) < 4.78 is 1.79. The van der Waals surface area contributed by atoms with Crippen LogP contribution < -0.4 is 16.0 Å². The van der Waals surface area contributed by atoms with E-state index in [1.54, 1.807) is 41.4 Å². The van der Waals surface area contributed by atoms with E-state index >= 15 is 0 Å². The van der Waals surface area contributed by atoms with Gasteiger partial charge in [0.1, 0.15) is 24.3 Å². The molecule has 9 heteroatoms. The van der Waals surface area contributed by atoms with Gasteiger partial charge >= 0.3 is 6.03 Å². The highest BCUT2D eigenvalue weighted by Crippen LogP contribution is 2.21. The Morgan fingerprint density at radius 2 is 1.70 bits per heavy atom. The van der Waals surface area contributed by atoms with Crippen LogP contribution in [-0.2, 0) is 0 Å². The number of anilines is 4. The van der Waals surface area contributed by atoms with E-state index in [2.05, 4.69) is 30.9 Å². The lowest BCUT2D eigenvalue weighted by molar-refractivity contribution is 0.262. The Labute approximate surface area is 178 Å². The van der Waals surface area contributed by atoms with Crippen LogP contribution in [-0.4, -0.2) is 25.6 Å². The summed E-state index contributed by atoms with van der Waals surface area (Å²) >= 11 is 6.09. The molecule has 150 valence electrons. The third-order valence-electron chi connectivity index (χ3n) is 4.27. The van der Waals surface area contributed by atoms with Crippen molar-refractivity contribution in [3.63, 3.8) is 0 Å². The van der Waals surface area contributed by atoms with E-state index in [1.165, 1.54) is 6.33 Å². The fraction of sp³-hybridized carbons (Fsp3) is 0.0476. The number of carbonyl (C=O) groups excluding carboxylic acids is 1. The van der Waals surface area contributed by atoms with Crippen LogP contribution in [0.1, 0.15) is 5.56 Å². The number of nitrogens with zero attached hydrogens (tertiary/aromatic N) is 4. The van der Waals surface area contributed by atoms with Gasteiger partial charge in [-0.1, -0.05) is 17.7 Å². The number of amides is 2. The lowest BCUT2D eigenvalue weighted by Crippen LogP contribution is -2.19. The number of halogens is 1. The molecule has 0 unspecified atom stereocenters. The van der Waals surface area contributed by atoms with Crippen LogP contribution in [0.4, 0.5) is 27.7 Å². The Bertz CT molecular complexity index is 1160. The SMILES string of the molecule is Cc1ccc(NC(=O)Nc2ccc(Nc3cc(-n4ccnc4)ncn3)cc2)cc1Cl. The van der Waals surface area contributed by atoms with Crippen LogP contribution >= 0.6 is 11.6 Å². The number of hydrogen-bond donors (Lipinski definition) is 3. The van der Waals surface area contributed by atoms with Gasteiger partial charge in [0, 0.05) is 40.5 Å². The average molecular weight is 420 g/mol. The van der Waals surface area contributed by atoms with Crippen LogP contribution in [0.5, 0.6) is 0 Å². The van der Waals surface area contributed by atoms with E-state index in [0.717, 1.165) is 11.3 Å². The van der Waals surface area contributed by atoms with Crippen molar-refractivity contribution >= 4 is 40.5 Å². The molecule has 0 radical (unpaired) electrons. The largest absolute Gasteiger partial charge is 0.340 e. The summed E-state index contributed by atoms with van der Waals surface area (Å²) in [5.41, 5.74) is 3.05. The van der Waals surface area contributed by atoms with Crippen molar-refractivity contribution in [3.05, 3.63) is 84.2 Å². The quantitative estimate of drug-likeness (QED) is 0.422. The molecule has 0 aliphatic heterocycles. The zero-order chi connectivity index (χ0) is 20.9. The number of imidazole rings is 1. The predicted octanol–water partition coefficient (Wildman–Crippen LogP) is 5.01. The fourth-order valence-electron chi connectivity index (χ4n) is 2.70. The van der Waals surface area contributed by atoms with E-state index in [0.29, 0.717) is 28.0 Å². The highest BCUT2D eigenvalue weighted by atomic mass is 35.5. The predicted molar refractivity (Wildman–Crippen MR) is 118 cm³/mol. The number of aromatic nitrogens is 4. The fourth-order valence-corrected chi connectivity index (χ4v) is 2.88. The van der Waals surface area contributed by atoms with Crippen LogP contribution in [0.3, 0.4) is 0 Å². The first-order valence-corrected chi connectivity index (χ1v) is 9.46. The van der Waals surface area contributed by atoms with Gasteiger partial charge < -0.3 is 16.0 Å². The standard InChI is InChI=1S/C21H18ClN7O/c1-14-2-3-17(10-18(14)22)28-21(30)27-16-6-4-15(5-7-16)26-19-11-20(25-12-24-19)29-9-8-23-13-29/h2-13H,1H3,(H,24,25,26)(H2,27,28,30). The number of nitrogens with one attached hydrogen (secondary N) is 3. The van der Waals surface area contributed by atoms with Gasteiger partial charge in [0.05, 0.1) is 0 Å². The normalized spacial score (nSPS) is 10.5. The summed E-state index contributed by atoms with van der Waals surface area (Å²) in [4.78, 5) is 24.7. The van der Waals surface area contributed by atoms with Gasteiger partial charge in [-0.15, -0.1) is 0 Å². The van der Waals surface area contributed by atoms with Gasteiger partial charge in [0.2, 0.25) is 0 Å². The van der Waals surface area contributed by atoms with Crippen LogP contribution in [0.15, 0.2) is 73.6 Å². The van der Waals surface area contributed by atoms with Crippen molar-refractivity contribution in [1.29, 1.82) is 0 Å². The smallest absolute Gasteiger partial charge is 0.323 e. The van der Waals surface area contributed by atoms with Gasteiger partial charge in [-0.3, -0.25) is 4.57 Å². The molecule has 2 aromatic carbocycles. The molecular weight excluding hydrogens is 402 g/mol. The molecule has 2 heterocycles. The topological polar surface area (TPSA) is 96.8 Å². The molecule has 0 atom stereocenters. The van der Waals surface area contributed by atoms with E-state index in [4.69, 9.17) is 11.6 Å². The Balaban J connectivity index is 1.37. The van der Waals surface area contributed by atoms with Gasteiger partial charge in [0.25, 0.3) is 0 Å². The lowest BCUT2D eigenvalue weighted by Gasteiger charge is -2.10. The van der Waals surface area contributed by atoms with Crippen molar-refractivity contribution in [2.45, 2.75) is 6.92 Å². The van der Waals surface area contributed by atoms with E-state index in [-0.39, 0.29) is 6.03 Å². The number of hydrogen-bond acceptors (Lipinski definition) is 5. The first-order chi connectivity index (χ1) is 14.6. The van der Waals surface area contributed by atoms with Crippen molar-refractivity contribution in [3.8, 4) is 5.82 Å². The van der Waals surface area contributed by atoms with Crippen LogP contribution in [0.25, 0.3) is 5.82 Å². The highest BCUT2D eigenvalue weighted by Gasteiger charge is 2.05. The molecule has 0 aliphatic rings. The van der Waals surface area contributed by atoms with Crippen molar-refractivity contribution < 1.29 is 4.79 Å². The minimum absolute atomic E-state index is 0.351. The second-order valence-electron chi connectivity index (χ2n) is 6.48. The van der Waals surface area contributed by atoms with Gasteiger partial charge in [-0.05, 0) is 48.9 Å². The summed E-state index contributed by atoms with van der Waals surface area (Å²) in [5, 5.41) is 9.36. The molecule has 30 heavy (non-hydrogen) atoms. The first-order valence-electron chi connectivity index (χ1n) is 9.08. The van der Waals surface area contributed by atoms with Crippen LogP contribution in [0, 0.1) is 6.92 Å². The molecule has 4 rings (SSSR count). The minimum Gasteiger partial charge on any atom is -0.340 e. The Kier molecular flexibility index (Phi) is 5.58. The molecule has 8 nitrogen and oxygen atoms in total. The molecule has 0 spiro atoms. The molecule has 0 saturated heterocycles. The zero-order valence-corrected chi connectivity index (χ0v) is 16.8. The summed E-state index contributed by atoms with van der Waals surface area (Å²) in [6.07, 6.45) is 6.64. The second-order valence-corrected chi connectivity index (χ2v) is 6.88. The maximum Gasteiger partial charge on any atom is 0.323 e. The van der Waals surface area contributed by atoms with Crippen LogP contribution in [0.2, 0.25) is 5.02 Å². The zero-order valence-electron chi connectivity index (χ0n) is 16.0. The maximum absolute atomic E-state index is 12.2. The molecule has 0 bridgehead atoms.